The molecule has 1 unspecified atom stereocenters. The van der Waals surface area contributed by atoms with Gasteiger partial charge in [-0.2, -0.15) is 5.10 Å². The van der Waals surface area contributed by atoms with Crippen molar-refractivity contribution in [2.45, 2.75) is 26.5 Å². The lowest BCUT2D eigenvalue weighted by atomic mass is 10.2. The average Bonchev–Trinajstić information content (AvgIpc) is 3.05. The van der Waals surface area contributed by atoms with E-state index >= 15 is 0 Å². The van der Waals surface area contributed by atoms with E-state index in [-0.39, 0.29) is 5.75 Å². The summed E-state index contributed by atoms with van der Waals surface area (Å²) in [5.74, 6) is -1.86. The molecule has 2 N–H and O–H groups in total. The van der Waals surface area contributed by atoms with E-state index in [4.69, 9.17) is 16.3 Å². The van der Waals surface area contributed by atoms with Crippen LogP contribution in [0, 0.1) is 12.7 Å². The summed E-state index contributed by atoms with van der Waals surface area (Å²) in [6, 6.07) is 15.5. The van der Waals surface area contributed by atoms with Crippen LogP contribution >= 0.6 is 11.6 Å². The van der Waals surface area contributed by atoms with Crippen molar-refractivity contribution in [1.29, 1.82) is 0 Å². The van der Waals surface area contributed by atoms with Crippen LogP contribution in [0.1, 0.15) is 23.7 Å². The lowest BCUT2D eigenvalue weighted by Gasteiger charge is -2.15. The summed E-state index contributed by atoms with van der Waals surface area (Å²) in [6.45, 7) is 3.72. The summed E-state index contributed by atoms with van der Waals surface area (Å²) in [7, 11) is 0. The van der Waals surface area contributed by atoms with Crippen molar-refractivity contribution in [2.24, 2.45) is 0 Å². The molecule has 1 heterocycles. The van der Waals surface area contributed by atoms with Crippen LogP contribution in [0.2, 0.25) is 5.15 Å². The van der Waals surface area contributed by atoms with Crippen LogP contribution < -0.4 is 15.6 Å². The molecule has 1 atom stereocenters. The largest absolute Gasteiger partial charge is 0.478 e. The molecule has 1 aromatic heterocycles. The van der Waals surface area contributed by atoms with Gasteiger partial charge in [-0.1, -0.05) is 54.1 Å². The molecule has 166 valence electrons. The second kappa shape index (κ2) is 10.6. The van der Waals surface area contributed by atoms with E-state index in [1.807, 2.05) is 30.3 Å². The molecule has 3 aromatic rings. The number of para-hydroxylation sites is 1. The maximum atomic E-state index is 13.6. The van der Waals surface area contributed by atoms with Gasteiger partial charge in [-0.25, -0.2) is 9.07 Å². The zero-order valence-corrected chi connectivity index (χ0v) is 18.3. The Morgan fingerprint density at radius 3 is 2.56 bits per heavy atom. The van der Waals surface area contributed by atoms with Gasteiger partial charge in [-0.15, -0.1) is 0 Å². The molecule has 2 amide bonds. The highest BCUT2D eigenvalue weighted by Gasteiger charge is 2.17. The molecule has 0 bridgehead atoms. The Morgan fingerprint density at radius 1 is 1.16 bits per heavy atom. The minimum Gasteiger partial charge on any atom is -0.478 e. The highest BCUT2D eigenvalue weighted by molar-refractivity contribution is 6.31. The number of hydrogen-bond donors (Lipinski definition) is 2. The van der Waals surface area contributed by atoms with Crippen molar-refractivity contribution in [2.75, 3.05) is 0 Å². The number of nitrogens with zero attached hydrogens (tertiary/aromatic N) is 2. The number of nitrogens with one attached hydrogen (secondary N) is 2. The first-order valence-electron chi connectivity index (χ1n) is 9.81. The van der Waals surface area contributed by atoms with Crippen LogP contribution in [0.15, 0.2) is 60.7 Å². The molecule has 7 nitrogen and oxygen atoms in total. The Bertz CT molecular complexity index is 1130. The average molecular weight is 457 g/mol. The summed E-state index contributed by atoms with van der Waals surface area (Å²) in [5.41, 5.74) is 6.78. The Balaban J connectivity index is 1.55. The smallest absolute Gasteiger partial charge is 0.279 e. The van der Waals surface area contributed by atoms with E-state index in [2.05, 4.69) is 16.0 Å². The summed E-state index contributed by atoms with van der Waals surface area (Å²) in [4.78, 5) is 24.2. The number of benzene rings is 2. The fourth-order valence-corrected chi connectivity index (χ4v) is 3.12. The van der Waals surface area contributed by atoms with Crippen LogP contribution in [0.25, 0.3) is 6.08 Å². The topological polar surface area (TPSA) is 85.3 Å². The second-order valence-corrected chi connectivity index (χ2v) is 7.29. The lowest BCUT2D eigenvalue weighted by molar-refractivity contribution is -0.131. The second-order valence-electron chi connectivity index (χ2n) is 6.94. The van der Waals surface area contributed by atoms with Gasteiger partial charge in [0.25, 0.3) is 11.8 Å². The van der Waals surface area contributed by atoms with Gasteiger partial charge in [0.05, 0.1) is 12.2 Å². The number of carbonyl (C=O) groups excluding carboxylic acids is 2. The quantitative estimate of drug-likeness (QED) is 0.419. The third-order valence-electron chi connectivity index (χ3n) is 4.50. The van der Waals surface area contributed by atoms with Crippen molar-refractivity contribution >= 4 is 29.5 Å². The van der Waals surface area contributed by atoms with Crippen LogP contribution in [0.5, 0.6) is 5.75 Å². The number of carbonyl (C=O) groups is 2. The molecule has 0 saturated carbocycles. The molecule has 3 rings (SSSR count). The third-order valence-corrected chi connectivity index (χ3v) is 4.90. The minimum atomic E-state index is -1.02. The maximum absolute atomic E-state index is 13.6. The number of rotatable bonds is 7. The highest BCUT2D eigenvalue weighted by atomic mass is 35.5. The van der Waals surface area contributed by atoms with Gasteiger partial charge in [-0.05, 0) is 37.6 Å². The molecule has 9 heteroatoms. The number of amides is 2. The summed E-state index contributed by atoms with van der Waals surface area (Å²) in [5, 5.41) is 4.81. The van der Waals surface area contributed by atoms with Crippen LogP contribution in [-0.2, 0) is 16.1 Å². The van der Waals surface area contributed by atoms with Crippen LogP contribution in [0.4, 0.5) is 4.39 Å². The molecule has 0 aliphatic carbocycles. The molecule has 0 spiro atoms. The normalized spacial score (nSPS) is 11.9. The van der Waals surface area contributed by atoms with E-state index in [1.165, 1.54) is 37.3 Å². The van der Waals surface area contributed by atoms with E-state index in [9.17, 15) is 14.0 Å². The van der Waals surface area contributed by atoms with E-state index < -0.39 is 23.7 Å². The van der Waals surface area contributed by atoms with Gasteiger partial charge < -0.3 is 4.74 Å². The SMILES string of the molecule is Cc1nn(Cc2ccccc2)c(Cl)c1/C=C/C(=O)NNC(=O)C(C)Oc1ccccc1F. The summed E-state index contributed by atoms with van der Waals surface area (Å²) >= 11 is 6.42. The Hall–Kier alpha value is -3.65. The standard InChI is InChI=1S/C23H22ClFN4O3/c1-15-18(22(24)29(28-15)14-17-8-4-3-5-9-17)12-13-21(30)26-27-23(31)16(2)32-20-11-7-6-10-19(20)25/h3-13,16H,14H2,1-2H3,(H,26,30)(H,27,31)/b13-12+. The monoisotopic (exact) mass is 456 g/mol. The Morgan fingerprint density at radius 2 is 1.84 bits per heavy atom. The minimum absolute atomic E-state index is 0.0565. The number of aryl methyl sites for hydroxylation is 1. The first-order chi connectivity index (χ1) is 15.3. The molecule has 0 aliphatic rings. The van der Waals surface area contributed by atoms with E-state index in [1.54, 1.807) is 17.7 Å². The molecular formula is C23H22ClFN4O3. The fourth-order valence-electron chi connectivity index (χ4n) is 2.83. The van der Waals surface area contributed by atoms with Gasteiger partial charge in [0.1, 0.15) is 5.15 Å². The molecular weight excluding hydrogens is 435 g/mol. The van der Waals surface area contributed by atoms with Gasteiger partial charge in [0.15, 0.2) is 17.7 Å². The number of hydrazine groups is 1. The van der Waals surface area contributed by atoms with Crippen molar-refractivity contribution in [1.82, 2.24) is 20.6 Å². The first kappa shape index (κ1) is 23.0. The highest BCUT2D eigenvalue weighted by Crippen LogP contribution is 2.22. The lowest BCUT2D eigenvalue weighted by Crippen LogP contribution is -2.46. The Kier molecular flexibility index (Phi) is 7.62. The van der Waals surface area contributed by atoms with Crippen LogP contribution in [0.3, 0.4) is 0 Å². The summed E-state index contributed by atoms with van der Waals surface area (Å²) in [6.07, 6.45) is 1.72. The molecule has 0 radical (unpaired) electrons. The summed E-state index contributed by atoms with van der Waals surface area (Å²) < 4.78 is 20.5. The fraction of sp³-hybridized carbons (Fsp3) is 0.174. The van der Waals surface area contributed by atoms with Crippen LogP contribution in [-0.4, -0.2) is 27.7 Å². The zero-order valence-electron chi connectivity index (χ0n) is 17.5. The Labute approximate surface area is 189 Å². The predicted octanol–water partition coefficient (Wildman–Crippen LogP) is 3.66. The number of hydrogen-bond acceptors (Lipinski definition) is 4. The van der Waals surface area contributed by atoms with Crippen molar-refractivity contribution in [3.63, 3.8) is 0 Å². The predicted molar refractivity (Wildman–Crippen MR) is 119 cm³/mol. The maximum Gasteiger partial charge on any atom is 0.279 e. The molecule has 0 fully saturated rings. The third kappa shape index (κ3) is 5.95. The molecule has 2 aromatic carbocycles. The molecule has 32 heavy (non-hydrogen) atoms. The molecule has 0 aliphatic heterocycles. The van der Waals surface area contributed by atoms with Gasteiger partial charge in [-0.3, -0.25) is 20.4 Å². The van der Waals surface area contributed by atoms with Crippen molar-refractivity contribution < 1.29 is 18.7 Å². The van der Waals surface area contributed by atoms with E-state index in [0.29, 0.717) is 23.0 Å². The van der Waals surface area contributed by atoms with Crippen molar-refractivity contribution in [3.8, 4) is 5.75 Å². The number of ether oxygens (including phenoxy) is 1. The first-order valence-corrected chi connectivity index (χ1v) is 10.2. The van der Waals surface area contributed by atoms with Crippen molar-refractivity contribution in [3.05, 3.63) is 88.5 Å². The number of halogens is 2. The van der Waals surface area contributed by atoms with Gasteiger partial charge >= 0.3 is 0 Å². The van der Waals surface area contributed by atoms with Gasteiger partial charge in [0, 0.05) is 11.6 Å². The van der Waals surface area contributed by atoms with Gasteiger partial charge in [0.2, 0.25) is 0 Å². The van der Waals surface area contributed by atoms with E-state index in [0.717, 1.165) is 5.56 Å². The zero-order chi connectivity index (χ0) is 23.1. The number of aromatic nitrogens is 2. The molecule has 0 saturated heterocycles.